The second-order valence-corrected chi connectivity index (χ2v) is 4.53. The second kappa shape index (κ2) is 7.33. The molecule has 2 aromatic carbocycles. The highest BCUT2D eigenvalue weighted by molar-refractivity contribution is 5.85. The molecule has 0 saturated heterocycles. The van der Waals surface area contributed by atoms with Crippen LogP contribution in [0.2, 0.25) is 0 Å². The molecule has 2 rings (SSSR count). The van der Waals surface area contributed by atoms with Gasteiger partial charge in [-0.05, 0) is 42.8 Å². The van der Waals surface area contributed by atoms with Gasteiger partial charge in [-0.1, -0.05) is 6.92 Å². The number of ether oxygens (including phenoxy) is 2. The minimum Gasteiger partial charge on any atom is -0.507 e. The van der Waals surface area contributed by atoms with E-state index in [1.54, 1.807) is 31.5 Å². The number of phenolic OH excluding ortho intramolecular Hbond substituents is 1. The van der Waals surface area contributed by atoms with Crippen LogP contribution in [0.5, 0.6) is 17.2 Å². The van der Waals surface area contributed by atoms with Crippen molar-refractivity contribution in [2.24, 2.45) is 4.99 Å². The molecule has 0 bridgehead atoms. The topological polar surface area (TPSA) is 51.0 Å². The van der Waals surface area contributed by atoms with E-state index in [0.29, 0.717) is 17.9 Å². The summed E-state index contributed by atoms with van der Waals surface area (Å²) in [5.74, 6) is 1.59. The third kappa shape index (κ3) is 4.24. The number of nitrogens with zero attached hydrogens (tertiary/aromatic N) is 1. The Bertz CT molecular complexity index is 606. The van der Waals surface area contributed by atoms with Crippen LogP contribution in [-0.4, -0.2) is 25.0 Å². The SMILES string of the molecule is CCCOc1ccc(N=Cc2ccc(OC)cc2O)cc1. The highest BCUT2D eigenvalue weighted by Crippen LogP contribution is 2.23. The van der Waals surface area contributed by atoms with E-state index in [2.05, 4.69) is 11.9 Å². The number of hydrogen-bond acceptors (Lipinski definition) is 4. The van der Waals surface area contributed by atoms with Crippen LogP contribution >= 0.6 is 0 Å². The molecule has 21 heavy (non-hydrogen) atoms. The molecule has 110 valence electrons. The predicted molar refractivity (Wildman–Crippen MR) is 84.1 cm³/mol. The van der Waals surface area contributed by atoms with Crippen LogP contribution in [0.15, 0.2) is 47.5 Å². The molecule has 0 aromatic heterocycles. The van der Waals surface area contributed by atoms with Crippen molar-refractivity contribution in [3.05, 3.63) is 48.0 Å². The fourth-order valence-corrected chi connectivity index (χ4v) is 1.75. The van der Waals surface area contributed by atoms with Crippen LogP contribution in [-0.2, 0) is 0 Å². The summed E-state index contributed by atoms with van der Waals surface area (Å²) in [5.41, 5.74) is 1.44. The summed E-state index contributed by atoms with van der Waals surface area (Å²) in [4.78, 5) is 4.33. The zero-order chi connectivity index (χ0) is 15.1. The molecule has 0 radical (unpaired) electrons. The first-order valence-corrected chi connectivity index (χ1v) is 6.87. The van der Waals surface area contributed by atoms with E-state index in [-0.39, 0.29) is 5.75 Å². The van der Waals surface area contributed by atoms with E-state index in [9.17, 15) is 5.11 Å². The normalized spacial score (nSPS) is 10.8. The molecule has 0 aliphatic heterocycles. The van der Waals surface area contributed by atoms with Crippen molar-refractivity contribution in [3.8, 4) is 17.2 Å². The lowest BCUT2D eigenvalue weighted by Gasteiger charge is -2.04. The molecule has 4 nitrogen and oxygen atoms in total. The van der Waals surface area contributed by atoms with E-state index in [1.807, 2.05) is 24.3 Å². The molecular formula is C17H19NO3. The Kier molecular flexibility index (Phi) is 5.21. The number of aromatic hydroxyl groups is 1. The van der Waals surface area contributed by atoms with Crippen molar-refractivity contribution in [3.63, 3.8) is 0 Å². The summed E-state index contributed by atoms with van der Waals surface area (Å²) in [6.45, 7) is 2.78. The van der Waals surface area contributed by atoms with E-state index < -0.39 is 0 Å². The number of hydrogen-bond donors (Lipinski definition) is 1. The highest BCUT2D eigenvalue weighted by atomic mass is 16.5. The number of phenols is 1. The maximum atomic E-state index is 9.85. The van der Waals surface area contributed by atoms with E-state index >= 15 is 0 Å². The van der Waals surface area contributed by atoms with Crippen LogP contribution in [0.3, 0.4) is 0 Å². The Morgan fingerprint density at radius 3 is 2.43 bits per heavy atom. The number of benzene rings is 2. The molecule has 0 heterocycles. The smallest absolute Gasteiger partial charge is 0.128 e. The molecule has 0 spiro atoms. The molecule has 0 atom stereocenters. The van der Waals surface area contributed by atoms with Crippen LogP contribution in [0.1, 0.15) is 18.9 Å². The fraction of sp³-hybridized carbons (Fsp3) is 0.235. The average Bonchev–Trinajstić information content (AvgIpc) is 2.52. The van der Waals surface area contributed by atoms with Crippen LogP contribution in [0.4, 0.5) is 5.69 Å². The minimum absolute atomic E-state index is 0.140. The van der Waals surface area contributed by atoms with Gasteiger partial charge in [0.2, 0.25) is 0 Å². The molecule has 0 aliphatic carbocycles. The van der Waals surface area contributed by atoms with Crippen LogP contribution < -0.4 is 9.47 Å². The fourth-order valence-electron chi connectivity index (χ4n) is 1.75. The van der Waals surface area contributed by atoms with E-state index in [1.165, 1.54) is 0 Å². The van der Waals surface area contributed by atoms with E-state index in [4.69, 9.17) is 9.47 Å². The van der Waals surface area contributed by atoms with Gasteiger partial charge in [-0.2, -0.15) is 0 Å². The number of methoxy groups -OCH3 is 1. The van der Waals surface area contributed by atoms with Crippen molar-refractivity contribution in [2.75, 3.05) is 13.7 Å². The molecule has 0 saturated carbocycles. The Balaban J connectivity index is 2.06. The average molecular weight is 285 g/mol. The molecule has 0 unspecified atom stereocenters. The zero-order valence-electron chi connectivity index (χ0n) is 12.2. The molecule has 1 N–H and O–H groups in total. The quantitative estimate of drug-likeness (QED) is 0.818. The maximum absolute atomic E-state index is 9.85. The van der Waals surface area contributed by atoms with E-state index in [0.717, 1.165) is 17.9 Å². The van der Waals surface area contributed by atoms with Gasteiger partial charge in [-0.25, -0.2) is 0 Å². The summed E-state index contributed by atoms with van der Waals surface area (Å²) in [6, 6.07) is 12.6. The van der Waals surface area contributed by atoms with Gasteiger partial charge >= 0.3 is 0 Å². The standard InChI is InChI=1S/C17H19NO3/c1-3-10-21-15-8-5-14(6-9-15)18-12-13-4-7-16(20-2)11-17(13)19/h4-9,11-12,19H,3,10H2,1-2H3. The van der Waals surface area contributed by atoms with Gasteiger partial charge in [0.15, 0.2) is 0 Å². The predicted octanol–water partition coefficient (Wildman–Crippen LogP) is 3.94. The van der Waals surface area contributed by atoms with Gasteiger partial charge in [0.1, 0.15) is 17.2 Å². The van der Waals surface area contributed by atoms with Crippen molar-refractivity contribution >= 4 is 11.9 Å². The summed E-state index contributed by atoms with van der Waals surface area (Å²) in [7, 11) is 1.56. The lowest BCUT2D eigenvalue weighted by atomic mass is 10.2. The van der Waals surface area contributed by atoms with Crippen molar-refractivity contribution in [2.45, 2.75) is 13.3 Å². The minimum atomic E-state index is 0.140. The summed E-state index contributed by atoms with van der Waals surface area (Å²) in [5, 5.41) is 9.85. The highest BCUT2D eigenvalue weighted by Gasteiger charge is 2.00. The second-order valence-electron chi connectivity index (χ2n) is 4.53. The first kappa shape index (κ1) is 14.9. The molecular weight excluding hydrogens is 266 g/mol. The van der Waals surface area contributed by atoms with Crippen molar-refractivity contribution < 1.29 is 14.6 Å². The van der Waals surface area contributed by atoms with Gasteiger partial charge in [-0.3, -0.25) is 4.99 Å². The third-order valence-electron chi connectivity index (χ3n) is 2.90. The first-order chi connectivity index (χ1) is 10.2. The van der Waals surface area contributed by atoms with Crippen molar-refractivity contribution in [1.82, 2.24) is 0 Å². The molecule has 4 heteroatoms. The zero-order valence-corrected chi connectivity index (χ0v) is 12.2. The van der Waals surface area contributed by atoms with Crippen molar-refractivity contribution in [1.29, 1.82) is 0 Å². The molecule has 0 aliphatic rings. The number of rotatable bonds is 6. The Morgan fingerprint density at radius 2 is 1.81 bits per heavy atom. The molecule has 2 aromatic rings. The van der Waals surface area contributed by atoms with Crippen LogP contribution in [0.25, 0.3) is 0 Å². The lowest BCUT2D eigenvalue weighted by molar-refractivity contribution is 0.317. The largest absolute Gasteiger partial charge is 0.507 e. The van der Waals surface area contributed by atoms with Gasteiger partial charge in [0, 0.05) is 17.8 Å². The first-order valence-electron chi connectivity index (χ1n) is 6.87. The summed E-state index contributed by atoms with van der Waals surface area (Å²) >= 11 is 0. The lowest BCUT2D eigenvalue weighted by Crippen LogP contribution is -1.93. The summed E-state index contributed by atoms with van der Waals surface area (Å²) in [6.07, 6.45) is 2.60. The summed E-state index contributed by atoms with van der Waals surface area (Å²) < 4.78 is 10.6. The Morgan fingerprint density at radius 1 is 1.10 bits per heavy atom. The Hall–Kier alpha value is -2.49. The van der Waals surface area contributed by atoms with Gasteiger partial charge in [0.05, 0.1) is 19.4 Å². The van der Waals surface area contributed by atoms with Crippen LogP contribution in [0, 0.1) is 0 Å². The number of aliphatic imine (C=N–C) groups is 1. The van der Waals surface area contributed by atoms with Gasteiger partial charge in [-0.15, -0.1) is 0 Å². The Labute approximate surface area is 124 Å². The van der Waals surface area contributed by atoms with Gasteiger partial charge in [0.25, 0.3) is 0 Å². The van der Waals surface area contributed by atoms with Gasteiger partial charge < -0.3 is 14.6 Å². The molecule has 0 fully saturated rings. The third-order valence-corrected chi connectivity index (χ3v) is 2.90. The monoisotopic (exact) mass is 285 g/mol. The molecule has 0 amide bonds. The maximum Gasteiger partial charge on any atom is 0.128 e.